The molecular weight excluding hydrogens is 444 g/mol. The molecule has 2 aromatic carbocycles. The van der Waals surface area contributed by atoms with Crippen molar-refractivity contribution in [2.24, 2.45) is 5.92 Å². The fraction of sp³-hybridized carbons (Fsp3) is 0.280. The Morgan fingerprint density at radius 3 is 2.66 bits per heavy atom. The van der Waals surface area contributed by atoms with E-state index in [0.717, 1.165) is 10.4 Å². The van der Waals surface area contributed by atoms with E-state index in [1.54, 1.807) is 42.7 Å². The van der Waals surface area contributed by atoms with Crippen LogP contribution in [-0.2, 0) is 4.79 Å². The van der Waals surface area contributed by atoms with Gasteiger partial charge in [-0.3, -0.25) is 9.59 Å². The molecule has 3 aromatic rings. The van der Waals surface area contributed by atoms with Crippen LogP contribution in [0.4, 0.5) is 5.69 Å². The van der Waals surface area contributed by atoms with E-state index in [1.807, 2.05) is 40.6 Å². The number of nitrogens with one attached hydrogen (secondary N) is 1. The van der Waals surface area contributed by atoms with Gasteiger partial charge in [0.2, 0.25) is 5.91 Å². The largest absolute Gasteiger partial charge is 0.495 e. The number of thiophene rings is 1. The molecule has 2 amide bonds. The maximum Gasteiger partial charge on any atom is 0.254 e. The van der Waals surface area contributed by atoms with Crippen LogP contribution in [0.5, 0.6) is 5.75 Å². The standard InChI is InChI=1S/C25H25ClN2O3S/c1-15(2)14-28-23(21-9-6-12-32-21)22(17-7-4-5-8-18(17)25(28)30)24(29)27-19-13-16(26)10-11-20(19)31-3/h4-13,15,22-23H,14H2,1-3H3,(H,27,29). The van der Waals surface area contributed by atoms with Crippen LogP contribution in [0.15, 0.2) is 60.0 Å². The van der Waals surface area contributed by atoms with E-state index in [2.05, 4.69) is 19.2 Å². The van der Waals surface area contributed by atoms with Crippen molar-refractivity contribution < 1.29 is 14.3 Å². The molecule has 0 bridgehead atoms. The van der Waals surface area contributed by atoms with Gasteiger partial charge >= 0.3 is 0 Å². The van der Waals surface area contributed by atoms with E-state index in [4.69, 9.17) is 16.3 Å². The lowest BCUT2D eigenvalue weighted by Crippen LogP contribution is -2.47. The molecule has 2 unspecified atom stereocenters. The van der Waals surface area contributed by atoms with Crippen LogP contribution < -0.4 is 10.1 Å². The molecule has 0 aliphatic carbocycles. The topological polar surface area (TPSA) is 58.6 Å². The lowest BCUT2D eigenvalue weighted by molar-refractivity contribution is -0.119. The van der Waals surface area contributed by atoms with E-state index >= 15 is 0 Å². The Kier molecular flexibility index (Phi) is 6.53. The molecule has 5 nitrogen and oxygen atoms in total. The van der Waals surface area contributed by atoms with Gasteiger partial charge in [0.05, 0.1) is 24.8 Å². The number of ether oxygens (including phenoxy) is 1. The Morgan fingerprint density at radius 2 is 1.97 bits per heavy atom. The lowest BCUT2D eigenvalue weighted by atomic mass is 9.81. The van der Waals surface area contributed by atoms with Crippen LogP contribution in [0, 0.1) is 5.92 Å². The SMILES string of the molecule is COc1ccc(Cl)cc1NC(=O)C1c2ccccc2C(=O)N(CC(C)C)C1c1cccs1. The summed E-state index contributed by atoms with van der Waals surface area (Å²) in [5, 5.41) is 5.48. The van der Waals surface area contributed by atoms with Crippen molar-refractivity contribution in [3.05, 3.63) is 81.0 Å². The molecule has 1 aliphatic heterocycles. The minimum absolute atomic E-state index is 0.0444. The minimum atomic E-state index is -0.579. The second kappa shape index (κ2) is 9.35. The van der Waals surface area contributed by atoms with Gasteiger partial charge in [0.25, 0.3) is 5.91 Å². The van der Waals surface area contributed by atoms with Crippen molar-refractivity contribution in [2.45, 2.75) is 25.8 Å². The van der Waals surface area contributed by atoms with Crippen LogP contribution in [0.2, 0.25) is 5.02 Å². The number of hydrogen-bond acceptors (Lipinski definition) is 4. The van der Waals surface area contributed by atoms with Gasteiger partial charge in [-0.25, -0.2) is 0 Å². The molecule has 166 valence electrons. The number of halogens is 1. The molecule has 2 heterocycles. The van der Waals surface area contributed by atoms with E-state index < -0.39 is 12.0 Å². The summed E-state index contributed by atoms with van der Waals surface area (Å²) in [4.78, 5) is 30.1. The third kappa shape index (κ3) is 4.25. The summed E-state index contributed by atoms with van der Waals surface area (Å²) < 4.78 is 5.41. The first-order chi connectivity index (χ1) is 15.4. The average molecular weight is 469 g/mol. The quantitative estimate of drug-likeness (QED) is 0.483. The molecule has 7 heteroatoms. The number of hydrogen-bond donors (Lipinski definition) is 1. The minimum Gasteiger partial charge on any atom is -0.495 e. The Labute approximate surface area is 197 Å². The highest BCUT2D eigenvalue weighted by Crippen LogP contribution is 2.45. The number of benzene rings is 2. The predicted octanol–water partition coefficient (Wildman–Crippen LogP) is 5.99. The molecule has 0 radical (unpaired) electrons. The predicted molar refractivity (Wildman–Crippen MR) is 129 cm³/mol. The number of carbonyl (C=O) groups is 2. The molecule has 0 fully saturated rings. The number of amides is 2. The first-order valence-corrected chi connectivity index (χ1v) is 11.7. The van der Waals surface area contributed by atoms with Crippen molar-refractivity contribution in [3.8, 4) is 5.75 Å². The van der Waals surface area contributed by atoms with E-state index in [0.29, 0.717) is 28.6 Å². The summed E-state index contributed by atoms with van der Waals surface area (Å²) in [7, 11) is 1.55. The number of carbonyl (C=O) groups excluding carboxylic acids is 2. The molecule has 0 saturated heterocycles. The number of rotatable bonds is 6. The molecule has 32 heavy (non-hydrogen) atoms. The zero-order chi connectivity index (χ0) is 22.8. The molecule has 2 atom stereocenters. The fourth-order valence-electron chi connectivity index (χ4n) is 4.23. The highest BCUT2D eigenvalue weighted by molar-refractivity contribution is 7.10. The van der Waals surface area contributed by atoms with Gasteiger partial charge in [0, 0.05) is 22.0 Å². The monoisotopic (exact) mass is 468 g/mol. The first-order valence-electron chi connectivity index (χ1n) is 10.5. The summed E-state index contributed by atoms with van der Waals surface area (Å²) in [6, 6.07) is 16.0. The van der Waals surface area contributed by atoms with Crippen molar-refractivity contribution in [2.75, 3.05) is 19.0 Å². The van der Waals surface area contributed by atoms with Gasteiger partial charge in [-0.1, -0.05) is 49.7 Å². The molecule has 0 spiro atoms. The first kappa shape index (κ1) is 22.4. The van der Waals surface area contributed by atoms with E-state index in [9.17, 15) is 9.59 Å². The van der Waals surface area contributed by atoms with Crippen molar-refractivity contribution in [1.82, 2.24) is 4.90 Å². The van der Waals surface area contributed by atoms with Gasteiger partial charge < -0.3 is 15.0 Å². The summed E-state index contributed by atoms with van der Waals surface area (Å²) in [6.45, 7) is 4.70. The zero-order valence-electron chi connectivity index (χ0n) is 18.2. The Hall–Kier alpha value is -2.83. The second-order valence-electron chi connectivity index (χ2n) is 8.21. The summed E-state index contributed by atoms with van der Waals surface area (Å²) >= 11 is 7.73. The fourth-order valence-corrected chi connectivity index (χ4v) is 5.28. The normalized spacial score (nSPS) is 17.9. The average Bonchev–Trinajstić information content (AvgIpc) is 3.30. The Morgan fingerprint density at radius 1 is 1.19 bits per heavy atom. The van der Waals surface area contributed by atoms with Crippen molar-refractivity contribution in [1.29, 1.82) is 0 Å². The maximum atomic E-state index is 13.8. The van der Waals surface area contributed by atoms with E-state index in [-0.39, 0.29) is 17.7 Å². The van der Waals surface area contributed by atoms with Crippen molar-refractivity contribution >= 4 is 40.4 Å². The third-order valence-electron chi connectivity index (χ3n) is 5.54. The molecular formula is C25H25ClN2O3S. The van der Waals surface area contributed by atoms with Crippen LogP contribution in [-0.4, -0.2) is 30.4 Å². The molecule has 1 N–H and O–H groups in total. The van der Waals surface area contributed by atoms with Gasteiger partial charge in [-0.15, -0.1) is 11.3 Å². The van der Waals surface area contributed by atoms with Gasteiger partial charge in [-0.05, 0) is 47.2 Å². The molecule has 1 aromatic heterocycles. The maximum absolute atomic E-state index is 13.8. The highest BCUT2D eigenvalue weighted by Gasteiger charge is 2.44. The zero-order valence-corrected chi connectivity index (χ0v) is 19.7. The van der Waals surface area contributed by atoms with Gasteiger partial charge in [0.15, 0.2) is 0 Å². The summed E-state index contributed by atoms with van der Waals surface area (Å²) in [5.41, 5.74) is 1.80. The second-order valence-corrected chi connectivity index (χ2v) is 9.63. The summed E-state index contributed by atoms with van der Waals surface area (Å²) in [5.74, 6) is -0.0576. The van der Waals surface area contributed by atoms with Gasteiger partial charge in [0.1, 0.15) is 5.75 Å². The van der Waals surface area contributed by atoms with Crippen LogP contribution >= 0.6 is 22.9 Å². The molecule has 4 rings (SSSR count). The van der Waals surface area contributed by atoms with Crippen LogP contribution in [0.1, 0.15) is 46.6 Å². The van der Waals surface area contributed by atoms with Crippen molar-refractivity contribution in [3.63, 3.8) is 0 Å². The lowest BCUT2D eigenvalue weighted by Gasteiger charge is -2.42. The molecule has 0 saturated carbocycles. The number of fused-ring (bicyclic) bond motifs is 1. The Bertz CT molecular complexity index is 1130. The highest BCUT2D eigenvalue weighted by atomic mass is 35.5. The van der Waals surface area contributed by atoms with Crippen LogP contribution in [0.25, 0.3) is 0 Å². The van der Waals surface area contributed by atoms with Crippen LogP contribution in [0.3, 0.4) is 0 Å². The molecule has 1 aliphatic rings. The van der Waals surface area contributed by atoms with E-state index in [1.165, 1.54) is 0 Å². The smallest absolute Gasteiger partial charge is 0.254 e. The number of methoxy groups -OCH3 is 1. The third-order valence-corrected chi connectivity index (χ3v) is 6.72. The summed E-state index contributed by atoms with van der Waals surface area (Å²) in [6.07, 6.45) is 0. The van der Waals surface area contributed by atoms with Gasteiger partial charge in [-0.2, -0.15) is 0 Å². The number of nitrogens with zero attached hydrogens (tertiary/aromatic N) is 1. The Balaban J connectivity index is 1.83. The number of anilines is 1.